The van der Waals surface area contributed by atoms with E-state index >= 15 is 0 Å². The normalized spacial score (nSPS) is 10.6. The van der Waals surface area contributed by atoms with Crippen LogP contribution in [-0.4, -0.2) is 31.6 Å². The number of Topliss-reactive ketones (excluding diaryl/α,β-unsaturated/α-hetero) is 1. The van der Waals surface area contributed by atoms with E-state index in [1.807, 2.05) is 0 Å². The molecule has 0 unspecified atom stereocenters. The average Bonchev–Trinajstić information content (AvgIpc) is 2.79. The van der Waals surface area contributed by atoms with Crippen LogP contribution in [0.2, 0.25) is 10.0 Å². The van der Waals surface area contributed by atoms with Crippen molar-refractivity contribution >= 4 is 29.0 Å². The lowest BCUT2D eigenvalue weighted by atomic mass is 10.0. The number of methoxy groups -OCH3 is 2. The molecule has 2 heterocycles. The minimum absolute atomic E-state index is 0.145. The molecule has 0 aliphatic rings. The molecular weight excluding hydrogens is 459 g/mol. The number of ketones is 1. The summed E-state index contributed by atoms with van der Waals surface area (Å²) in [6.07, 6.45) is 4.35. The van der Waals surface area contributed by atoms with Gasteiger partial charge in [-0.05, 0) is 17.7 Å². The van der Waals surface area contributed by atoms with E-state index in [0.717, 1.165) is 5.56 Å². The number of H-pyrrole nitrogens is 1. The van der Waals surface area contributed by atoms with Gasteiger partial charge in [-0.25, -0.2) is 0 Å². The van der Waals surface area contributed by atoms with Crippen LogP contribution in [0.3, 0.4) is 0 Å². The fourth-order valence-electron chi connectivity index (χ4n) is 3.08. The number of aromatic amines is 1. The molecule has 0 spiro atoms. The number of nitrogens with one attached hydrogen (secondary N) is 1. The highest BCUT2D eigenvalue weighted by atomic mass is 35.5. The summed E-state index contributed by atoms with van der Waals surface area (Å²) in [4.78, 5) is 27.4. The van der Waals surface area contributed by atoms with Gasteiger partial charge in [0.05, 0.1) is 31.4 Å². The molecular formula is C22H20Cl2N2O6. The van der Waals surface area contributed by atoms with Crippen molar-refractivity contribution in [2.75, 3.05) is 20.8 Å². The van der Waals surface area contributed by atoms with Crippen molar-refractivity contribution in [1.82, 2.24) is 4.98 Å². The molecule has 3 aromatic rings. The number of halogens is 2. The zero-order valence-electron chi connectivity index (χ0n) is 17.3. The average molecular weight is 479 g/mol. The van der Waals surface area contributed by atoms with Gasteiger partial charge in [0.1, 0.15) is 5.02 Å². The molecule has 0 amide bonds. The van der Waals surface area contributed by atoms with Crippen molar-refractivity contribution in [1.29, 1.82) is 0 Å². The predicted octanol–water partition coefficient (Wildman–Crippen LogP) is 3.38. The van der Waals surface area contributed by atoms with Gasteiger partial charge in [-0.15, -0.1) is 0 Å². The van der Waals surface area contributed by atoms with Crippen LogP contribution in [-0.2, 0) is 12.8 Å². The van der Waals surface area contributed by atoms with Gasteiger partial charge in [-0.1, -0.05) is 23.2 Å². The van der Waals surface area contributed by atoms with Crippen LogP contribution in [0.1, 0.15) is 21.5 Å². The van der Waals surface area contributed by atoms with Crippen molar-refractivity contribution < 1.29 is 23.7 Å². The molecule has 10 heteroatoms. The van der Waals surface area contributed by atoms with Crippen LogP contribution in [0.4, 0.5) is 0 Å². The quantitative estimate of drug-likeness (QED) is 0.287. The second-order valence-corrected chi connectivity index (χ2v) is 7.49. The first-order chi connectivity index (χ1) is 15.3. The van der Waals surface area contributed by atoms with Crippen molar-refractivity contribution in [3.63, 3.8) is 0 Å². The van der Waals surface area contributed by atoms with Gasteiger partial charge in [0.25, 0.3) is 5.56 Å². The largest absolute Gasteiger partial charge is 0.619 e. The van der Waals surface area contributed by atoms with Crippen molar-refractivity contribution in [2.45, 2.75) is 12.8 Å². The van der Waals surface area contributed by atoms with E-state index in [1.54, 1.807) is 24.3 Å². The molecule has 1 N–H and O–H groups in total. The van der Waals surface area contributed by atoms with Gasteiger partial charge in [-0.2, -0.15) is 4.73 Å². The molecule has 0 bridgehead atoms. The fourth-order valence-corrected chi connectivity index (χ4v) is 3.57. The van der Waals surface area contributed by atoms with Crippen LogP contribution < -0.4 is 24.5 Å². The maximum Gasteiger partial charge on any atom is 0.267 e. The summed E-state index contributed by atoms with van der Waals surface area (Å²) in [7, 11) is 2.91. The number of benzene rings is 1. The van der Waals surface area contributed by atoms with Crippen LogP contribution in [0.5, 0.6) is 17.2 Å². The Morgan fingerprint density at radius 1 is 1.09 bits per heavy atom. The summed E-state index contributed by atoms with van der Waals surface area (Å²) >= 11 is 12.2. The molecule has 0 atom stereocenters. The summed E-state index contributed by atoms with van der Waals surface area (Å²) < 4.78 is 17.4. The molecule has 0 saturated heterocycles. The van der Waals surface area contributed by atoms with Crippen molar-refractivity contribution in [3.8, 4) is 17.2 Å². The van der Waals surface area contributed by atoms with Gasteiger partial charge in [0, 0.05) is 36.7 Å². The Hall–Kier alpha value is -3.23. The molecule has 1 aromatic carbocycles. The zero-order valence-corrected chi connectivity index (χ0v) is 18.8. The minimum Gasteiger partial charge on any atom is -0.619 e. The zero-order chi connectivity index (χ0) is 23.3. The maximum absolute atomic E-state index is 13.1. The molecule has 0 saturated carbocycles. The number of carbonyl (C=O) groups excluding carboxylic acids is 1. The highest BCUT2D eigenvalue weighted by molar-refractivity contribution is 6.36. The Balaban J connectivity index is 1.91. The first kappa shape index (κ1) is 23.4. The fraction of sp³-hybridized carbons (Fsp3) is 0.227. The lowest BCUT2D eigenvalue weighted by molar-refractivity contribution is -0.605. The van der Waals surface area contributed by atoms with Crippen LogP contribution in [0.15, 0.2) is 47.7 Å². The third-order valence-electron chi connectivity index (χ3n) is 4.73. The number of rotatable bonds is 9. The van der Waals surface area contributed by atoms with Gasteiger partial charge in [-0.3, -0.25) is 9.59 Å². The third kappa shape index (κ3) is 5.15. The van der Waals surface area contributed by atoms with E-state index in [2.05, 4.69) is 4.98 Å². The highest BCUT2D eigenvalue weighted by Gasteiger charge is 2.23. The van der Waals surface area contributed by atoms with E-state index in [1.165, 1.54) is 32.8 Å². The van der Waals surface area contributed by atoms with Crippen molar-refractivity contribution in [2.24, 2.45) is 0 Å². The van der Waals surface area contributed by atoms with E-state index in [9.17, 15) is 14.8 Å². The lowest BCUT2D eigenvalue weighted by Gasteiger charge is -2.17. The summed E-state index contributed by atoms with van der Waals surface area (Å²) in [5.41, 5.74) is 0.789. The standard InChI is InChI=1S/C22H20Cl2N2O6/c1-30-18-4-3-14(17(27)11-15-16(23)12-25-22(28)19(15)24)20(21(18)31-2)32-10-7-13-5-8-26(29)9-6-13/h3-6,8-9,12H,7,10-11H2,1-2H3,(H,25,28). The first-order valence-corrected chi connectivity index (χ1v) is 10.3. The second-order valence-electron chi connectivity index (χ2n) is 6.70. The summed E-state index contributed by atoms with van der Waals surface area (Å²) in [5, 5.41) is 11.2. The molecule has 0 aliphatic heterocycles. The maximum atomic E-state index is 13.1. The van der Waals surface area contributed by atoms with Crippen LogP contribution in [0, 0.1) is 5.21 Å². The number of carbonyl (C=O) groups is 1. The number of hydrogen-bond acceptors (Lipinski definition) is 6. The molecule has 8 nitrogen and oxygen atoms in total. The van der Waals surface area contributed by atoms with Crippen LogP contribution in [0.25, 0.3) is 0 Å². The topological polar surface area (TPSA) is 105 Å². The highest BCUT2D eigenvalue weighted by Crippen LogP contribution is 2.40. The number of aromatic nitrogens is 2. The number of pyridine rings is 2. The van der Waals surface area contributed by atoms with E-state index in [0.29, 0.717) is 16.9 Å². The molecule has 2 aromatic heterocycles. The van der Waals surface area contributed by atoms with E-state index in [-0.39, 0.29) is 51.5 Å². The Morgan fingerprint density at radius 2 is 1.81 bits per heavy atom. The molecule has 3 rings (SSSR count). The third-order valence-corrected chi connectivity index (χ3v) is 5.47. The predicted molar refractivity (Wildman–Crippen MR) is 119 cm³/mol. The van der Waals surface area contributed by atoms with Gasteiger partial charge in [0.2, 0.25) is 5.75 Å². The molecule has 0 radical (unpaired) electrons. The Labute approximate surface area is 193 Å². The first-order valence-electron chi connectivity index (χ1n) is 9.50. The summed E-state index contributed by atoms with van der Waals surface area (Å²) in [6, 6.07) is 6.51. The SMILES string of the molecule is COc1ccc(C(=O)Cc2c(Cl)c[nH]c(=O)c2Cl)c(OCCc2cc[n+]([O-])cc2)c1OC. The van der Waals surface area contributed by atoms with Crippen molar-refractivity contribution in [3.05, 3.63) is 85.2 Å². The molecule has 0 aliphatic carbocycles. The number of ether oxygens (including phenoxy) is 3. The smallest absolute Gasteiger partial charge is 0.267 e. The summed E-state index contributed by atoms with van der Waals surface area (Å²) in [5.74, 6) is 0.469. The monoisotopic (exact) mass is 478 g/mol. The molecule has 168 valence electrons. The number of nitrogens with zero attached hydrogens (tertiary/aromatic N) is 1. The molecule has 0 fully saturated rings. The summed E-state index contributed by atoms with van der Waals surface area (Å²) in [6.45, 7) is 0.208. The van der Waals surface area contributed by atoms with E-state index in [4.69, 9.17) is 37.4 Å². The van der Waals surface area contributed by atoms with Gasteiger partial charge < -0.3 is 24.4 Å². The van der Waals surface area contributed by atoms with Gasteiger partial charge >= 0.3 is 0 Å². The Kier molecular flexibility index (Phi) is 7.61. The van der Waals surface area contributed by atoms with Crippen LogP contribution >= 0.6 is 23.2 Å². The van der Waals surface area contributed by atoms with Gasteiger partial charge in [0.15, 0.2) is 29.7 Å². The molecule has 32 heavy (non-hydrogen) atoms. The second kappa shape index (κ2) is 10.4. The Bertz CT molecular complexity index is 1180. The lowest BCUT2D eigenvalue weighted by Crippen LogP contribution is -2.23. The van der Waals surface area contributed by atoms with E-state index < -0.39 is 5.56 Å². The number of hydrogen-bond donors (Lipinski definition) is 1. The Morgan fingerprint density at radius 3 is 2.47 bits per heavy atom. The minimum atomic E-state index is -0.537.